The molecule has 3 heterocycles. The number of amides is 1. The van der Waals surface area contributed by atoms with Crippen LogP contribution >= 0.6 is 11.3 Å². The van der Waals surface area contributed by atoms with Gasteiger partial charge in [0.1, 0.15) is 5.82 Å². The van der Waals surface area contributed by atoms with E-state index in [1.165, 1.54) is 0 Å². The van der Waals surface area contributed by atoms with E-state index in [2.05, 4.69) is 14.8 Å². The second kappa shape index (κ2) is 4.53. The largest absolute Gasteiger partial charge is 0.333 e. The third-order valence-corrected chi connectivity index (χ3v) is 4.07. The third kappa shape index (κ3) is 2.03. The van der Waals surface area contributed by atoms with E-state index in [4.69, 9.17) is 0 Å². The lowest BCUT2D eigenvalue weighted by Crippen LogP contribution is -2.39. The van der Waals surface area contributed by atoms with Crippen LogP contribution in [0.25, 0.3) is 0 Å². The molecule has 0 radical (unpaired) electrons. The van der Waals surface area contributed by atoms with E-state index in [1.807, 2.05) is 29.3 Å². The molecule has 2 aromatic heterocycles. The monoisotopic (exact) mass is 262 g/mol. The Hall–Kier alpha value is -1.69. The SMILES string of the molecule is Cc1nnc2n1CCN(C(=O)Cc1cccs1)C2. The summed E-state index contributed by atoms with van der Waals surface area (Å²) in [5, 5.41) is 10.2. The molecule has 0 fully saturated rings. The molecule has 5 nitrogen and oxygen atoms in total. The van der Waals surface area contributed by atoms with Crippen LogP contribution < -0.4 is 0 Å². The molecule has 1 aliphatic heterocycles. The van der Waals surface area contributed by atoms with Crippen LogP contribution in [0.15, 0.2) is 17.5 Å². The predicted octanol–water partition coefficient (Wildman–Crippen LogP) is 1.23. The number of aromatic nitrogens is 3. The van der Waals surface area contributed by atoms with Gasteiger partial charge in [-0.15, -0.1) is 21.5 Å². The maximum absolute atomic E-state index is 12.2. The van der Waals surface area contributed by atoms with E-state index >= 15 is 0 Å². The number of hydrogen-bond acceptors (Lipinski definition) is 4. The summed E-state index contributed by atoms with van der Waals surface area (Å²) in [6.45, 7) is 4.06. The Bertz CT molecular complexity index is 561. The molecule has 18 heavy (non-hydrogen) atoms. The Balaban J connectivity index is 1.70. The van der Waals surface area contributed by atoms with Crippen LogP contribution in [0.3, 0.4) is 0 Å². The van der Waals surface area contributed by atoms with E-state index in [-0.39, 0.29) is 5.91 Å². The number of thiophene rings is 1. The highest BCUT2D eigenvalue weighted by Crippen LogP contribution is 2.15. The van der Waals surface area contributed by atoms with Gasteiger partial charge in [0, 0.05) is 18.0 Å². The normalized spacial score (nSPS) is 14.6. The molecule has 0 N–H and O–H groups in total. The zero-order valence-corrected chi connectivity index (χ0v) is 11.0. The Morgan fingerprint density at radius 1 is 1.44 bits per heavy atom. The molecule has 6 heteroatoms. The first-order valence-electron chi connectivity index (χ1n) is 5.93. The number of fused-ring (bicyclic) bond motifs is 1. The molecule has 0 atom stereocenters. The topological polar surface area (TPSA) is 51.0 Å². The number of hydrogen-bond donors (Lipinski definition) is 0. The second-order valence-electron chi connectivity index (χ2n) is 4.39. The Morgan fingerprint density at radius 2 is 2.33 bits per heavy atom. The summed E-state index contributed by atoms with van der Waals surface area (Å²) in [7, 11) is 0. The van der Waals surface area contributed by atoms with Gasteiger partial charge < -0.3 is 9.47 Å². The fraction of sp³-hybridized carbons (Fsp3) is 0.417. The van der Waals surface area contributed by atoms with Gasteiger partial charge in [-0.25, -0.2) is 0 Å². The van der Waals surface area contributed by atoms with Crippen LogP contribution in [-0.2, 0) is 24.3 Å². The highest BCUT2D eigenvalue weighted by atomic mass is 32.1. The average molecular weight is 262 g/mol. The van der Waals surface area contributed by atoms with Crippen molar-refractivity contribution in [2.24, 2.45) is 0 Å². The Morgan fingerprint density at radius 3 is 3.11 bits per heavy atom. The van der Waals surface area contributed by atoms with Gasteiger partial charge in [0.05, 0.1) is 13.0 Å². The summed E-state index contributed by atoms with van der Waals surface area (Å²) in [6, 6.07) is 3.97. The van der Waals surface area contributed by atoms with Crippen LogP contribution in [0.4, 0.5) is 0 Å². The fourth-order valence-electron chi connectivity index (χ4n) is 2.19. The van der Waals surface area contributed by atoms with Gasteiger partial charge in [-0.1, -0.05) is 6.07 Å². The van der Waals surface area contributed by atoms with Crippen LogP contribution in [0, 0.1) is 6.92 Å². The highest BCUT2D eigenvalue weighted by Gasteiger charge is 2.23. The molecule has 1 amide bonds. The summed E-state index contributed by atoms with van der Waals surface area (Å²) in [4.78, 5) is 15.1. The van der Waals surface area contributed by atoms with Crippen molar-refractivity contribution in [1.82, 2.24) is 19.7 Å². The molecule has 0 aromatic carbocycles. The van der Waals surface area contributed by atoms with Crippen molar-refractivity contribution in [1.29, 1.82) is 0 Å². The molecule has 94 valence electrons. The highest BCUT2D eigenvalue weighted by molar-refractivity contribution is 7.10. The number of nitrogens with zero attached hydrogens (tertiary/aromatic N) is 4. The molecule has 0 bridgehead atoms. The molecule has 0 spiro atoms. The first-order chi connectivity index (χ1) is 8.74. The van der Waals surface area contributed by atoms with E-state index < -0.39 is 0 Å². The first-order valence-corrected chi connectivity index (χ1v) is 6.81. The van der Waals surface area contributed by atoms with E-state index in [1.54, 1.807) is 11.3 Å². The maximum Gasteiger partial charge on any atom is 0.228 e. The lowest BCUT2D eigenvalue weighted by molar-refractivity contribution is -0.131. The third-order valence-electron chi connectivity index (χ3n) is 3.20. The molecule has 0 unspecified atom stereocenters. The number of carbonyl (C=O) groups excluding carboxylic acids is 1. The van der Waals surface area contributed by atoms with E-state index in [0.29, 0.717) is 13.0 Å². The molecular weight excluding hydrogens is 248 g/mol. The first kappa shape index (κ1) is 11.4. The molecule has 2 aromatic rings. The Labute approximate surface area is 109 Å². The minimum atomic E-state index is 0.171. The predicted molar refractivity (Wildman–Crippen MR) is 68.2 cm³/mol. The molecule has 0 aliphatic carbocycles. The van der Waals surface area contributed by atoms with Crippen molar-refractivity contribution in [2.75, 3.05) is 6.54 Å². The summed E-state index contributed by atoms with van der Waals surface area (Å²) < 4.78 is 2.08. The van der Waals surface area contributed by atoms with Gasteiger partial charge in [0.2, 0.25) is 5.91 Å². The van der Waals surface area contributed by atoms with Crippen molar-refractivity contribution < 1.29 is 4.79 Å². The zero-order valence-electron chi connectivity index (χ0n) is 10.2. The van der Waals surface area contributed by atoms with Gasteiger partial charge >= 0.3 is 0 Å². The van der Waals surface area contributed by atoms with E-state index in [0.717, 1.165) is 29.6 Å². The van der Waals surface area contributed by atoms with Crippen molar-refractivity contribution >= 4 is 17.2 Å². The number of aryl methyl sites for hydroxylation is 1. The molecule has 3 rings (SSSR count). The van der Waals surface area contributed by atoms with Crippen LogP contribution in [0.1, 0.15) is 16.5 Å². The van der Waals surface area contributed by atoms with E-state index in [9.17, 15) is 4.79 Å². The standard InChI is InChI=1S/C12H14N4OS/c1-9-13-14-11-8-15(4-5-16(9)11)12(17)7-10-3-2-6-18-10/h2-3,6H,4-5,7-8H2,1H3. The lowest BCUT2D eigenvalue weighted by Gasteiger charge is -2.27. The van der Waals surface area contributed by atoms with Crippen LogP contribution in [0.5, 0.6) is 0 Å². The van der Waals surface area contributed by atoms with Crippen molar-refractivity contribution in [2.45, 2.75) is 26.4 Å². The van der Waals surface area contributed by atoms with Gasteiger partial charge in [-0.2, -0.15) is 0 Å². The van der Waals surface area contributed by atoms with Gasteiger partial charge in [-0.3, -0.25) is 4.79 Å². The second-order valence-corrected chi connectivity index (χ2v) is 5.42. The van der Waals surface area contributed by atoms with Crippen molar-refractivity contribution in [3.8, 4) is 0 Å². The minimum absolute atomic E-state index is 0.171. The summed E-state index contributed by atoms with van der Waals surface area (Å²) in [6.07, 6.45) is 0.491. The van der Waals surface area contributed by atoms with Gasteiger partial charge in [-0.05, 0) is 18.4 Å². The van der Waals surface area contributed by atoms with Crippen LogP contribution in [-0.4, -0.2) is 32.1 Å². The van der Waals surface area contributed by atoms with Crippen LogP contribution in [0.2, 0.25) is 0 Å². The van der Waals surface area contributed by atoms with Gasteiger partial charge in [0.25, 0.3) is 0 Å². The van der Waals surface area contributed by atoms with Gasteiger partial charge in [0.15, 0.2) is 5.82 Å². The number of carbonyl (C=O) groups is 1. The fourth-order valence-corrected chi connectivity index (χ4v) is 2.89. The van der Waals surface area contributed by atoms with Crippen molar-refractivity contribution in [3.63, 3.8) is 0 Å². The smallest absolute Gasteiger partial charge is 0.228 e. The molecule has 1 aliphatic rings. The summed E-state index contributed by atoms with van der Waals surface area (Å²) in [5.74, 6) is 1.98. The molecular formula is C12H14N4OS. The number of rotatable bonds is 2. The molecule has 0 saturated heterocycles. The van der Waals surface area contributed by atoms with Crippen molar-refractivity contribution in [3.05, 3.63) is 34.0 Å². The quantitative estimate of drug-likeness (QED) is 0.818. The zero-order chi connectivity index (χ0) is 12.5. The summed E-state index contributed by atoms with van der Waals surface area (Å²) in [5.41, 5.74) is 0. The average Bonchev–Trinajstić information content (AvgIpc) is 2.99. The summed E-state index contributed by atoms with van der Waals surface area (Å²) >= 11 is 1.62. The lowest BCUT2D eigenvalue weighted by atomic mass is 10.2. The minimum Gasteiger partial charge on any atom is -0.333 e. The maximum atomic E-state index is 12.2. The molecule has 0 saturated carbocycles. The Kier molecular flexibility index (Phi) is 2.87.